The summed E-state index contributed by atoms with van der Waals surface area (Å²) in [6.07, 6.45) is 0.348. The van der Waals surface area contributed by atoms with Crippen LogP contribution in [0.4, 0.5) is 4.39 Å². The summed E-state index contributed by atoms with van der Waals surface area (Å²) in [5, 5.41) is 10.9. The SMILES string of the molecule is Cc1ccccc1CC(C)(O)c1cc(F)c(Cl)cc1Cl. The zero-order chi connectivity index (χ0) is 14.9. The van der Waals surface area contributed by atoms with Crippen LogP contribution in [0.5, 0.6) is 0 Å². The van der Waals surface area contributed by atoms with E-state index in [9.17, 15) is 9.50 Å². The van der Waals surface area contributed by atoms with Crippen LogP contribution in [-0.2, 0) is 12.0 Å². The van der Waals surface area contributed by atoms with Gasteiger partial charge in [0, 0.05) is 17.0 Å². The molecule has 20 heavy (non-hydrogen) atoms. The van der Waals surface area contributed by atoms with Crippen LogP contribution >= 0.6 is 23.2 Å². The van der Waals surface area contributed by atoms with Gasteiger partial charge in [-0.1, -0.05) is 47.5 Å². The van der Waals surface area contributed by atoms with Gasteiger partial charge < -0.3 is 5.11 Å². The van der Waals surface area contributed by atoms with Gasteiger partial charge in [-0.05, 0) is 37.1 Å². The summed E-state index contributed by atoms with van der Waals surface area (Å²) in [6, 6.07) is 10.3. The van der Waals surface area contributed by atoms with Gasteiger partial charge in [-0.15, -0.1) is 0 Å². The third-order valence-corrected chi connectivity index (χ3v) is 3.99. The minimum absolute atomic E-state index is 0.0505. The van der Waals surface area contributed by atoms with Crippen LogP contribution in [0, 0.1) is 12.7 Å². The zero-order valence-corrected chi connectivity index (χ0v) is 12.8. The quantitative estimate of drug-likeness (QED) is 0.800. The highest BCUT2D eigenvalue weighted by Crippen LogP contribution is 2.34. The van der Waals surface area contributed by atoms with E-state index in [2.05, 4.69) is 0 Å². The Hall–Kier alpha value is -1.09. The Kier molecular flexibility index (Phi) is 4.38. The van der Waals surface area contributed by atoms with E-state index in [0.717, 1.165) is 11.1 Å². The minimum atomic E-state index is -1.27. The molecule has 0 radical (unpaired) electrons. The molecule has 0 aliphatic heterocycles. The predicted octanol–water partition coefficient (Wildman–Crippen LogP) is 4.89. The van der Waals surface area contributed by atoms with E-state index in [1.165, 1.54) is 12.1 Å². The van der Waals surface area contributed by atoms with E-state index in [1.807, 2.05) is 31.2 Å². The molecule has 0 aliphatic carbocycles. The first-order chi connectivity index (χ1) is 9.31. The molecule has 0 bridgehead atoms. The molecule has 2 rings (SSSR count). The van der Waals surface area contributed by atoms with E-state index < -0.39 is 11.4 Å². The fourth-order valence-corrected chi connectivity index (χ4v) is 2.80. The number of aryl methyl sites for hydroxylation is 1. The normalized spacial score (nSPS) is 14.1. The van der Waals surface area contributed by atoms with Crippen molar-refractivity contribution in [3.05, 3.63) is 69.0 Å². The number of rotatable bonds is 3. The van der Waals surface area contributed by atoms with Gasteiger partial charge in [-0.3, -0.25) is 0 Å². The fraction of sp³-hybridized carbons (Fsp3) is 0.250. The maximum atomic E-state index is 13.6. The Morgan fingerprint density at radius 2 is 1.80 bits per heavy atom. The third kappa shape index (κ3) is 3.14. The number of aliphatic hydroxyl groups is 1. The fourth-order valence-electron chi connectivity index (χ4n) is 2.21. The monoisotopic (exact) mass is 312 g/mol. The second-order valence-corrected chi connectivity index (χ2v) is 5.94. The van der Waals surface area contributed by atoms with Gasteiger partial charge in [0.05, 0.1) is 10.6 Å². The summed E-state index contributed by atoms with van der Waals surface area (Å²) in [5.74, 6) is -0.587. The molecule has 0 heterocycles. The van der Waals surface area contributed by atoms with Crippen molar-refractivity contribution >= 4 is 23.2 Å². The largest absolute Gasteiger partial charge is 0.385 e. The molecule has 1 unspecified atom stereocenters. The van der Waals surface area contributed by atoms with Crippen LogP contribution in [0.3, 0.4) is 0 Å². The van der Waals surface area contributed by atoms with Gasteiger partial charge in [0.25, 0.3) is 0 Å². The third-order valence-electron chi connectivity index (χ3n) is 3.39. The molecule has 0 spiro atoms. The van der Waals surface area contributed by atoms with E-state index in [0.29, 0.717) is 12.0 Å². The van der Waals surface area contributed by atoms with Crippen LogP contribution in [0.25, 0.3) is 0 Å². The number of halogens is 3. The highest BCUT2D eigenvalue weighted by atomic mass is 35.5. The lowest BCUT2D eigenvalue weighted by atomic mass is 9.87. The van der Waals surface area contributed by atoms with E-state index >= 15 is 0 Å². The van der Waals surface area contributed by atoms with Crippen molar-refractivity contribution in [1.82, 2.24) is 0 Å². The summed E-state index contributed by atoms with van der Waals surface area (Å²) < 4.78 is 13.6. The zero-order valence-electron chi connectivity index (χ0n) is 11.3. The number of hydrogen-bond acceptors (Lipinski definition) is 1. The Morgan fingerprint density at radius 3 is 2.45 bits per heavy atom. The summed E-state index contributed by atoms with van der Waals surface area (Å²) in [6.45, 7) is 3.59. The van der Waals surface area contributed by atoms with Crippen molar-refractivity contribution in [3.63, 3.8) is 0 Å². The van der Waals surface area contributed by atoms with Gasteiger partial charge >= 0.3 is 0 Å². The maximum absolute atomic E-state index is 13.6. The molecule has 0 saturated heterocycles. The van der Waals surface area contributed by atoms with Crippen LogP contribution in [0.1, 0.15) is 23.6 Å². The van der Waals surface area contributed by atoms with Crippen molar-refractivity contribution in [2.24, 2.45) is 0 Å². The van der Waals surface area contributed by atoms with Crippen molar-refractivity contribution < 1.29 is 9.50 Å². The number of hydrogen-bond donors (Lipinski definition) is 1. The molecule has 0 aliphatic rings. The second kappa shape index (κ2) is 5.72. The molecule has 0 fully saturated rings. The van der Waals surface area contributed by atoms with Crippen LogP contribution in [0.2, 0.25) is 10.0 Å². The van der Waals surface area contributed by atoms with Crippen molar-refractivity contribution in [3.8, 4) is 0 Å². The van der Waals surface area contributed by atoms with Gasteiger partial charge in [-0.2, -0.15) is 0 Å². The molecule has 2 aromatic rings. The van der Waals surface area contributed by atoms with Crippen molar-refractivity contribution in [2.45, 2.75) is 25.9 Å². The van der Waals surface area contributed by atoms with Gasteiger partial charge in [0.1, 0.15) is 5.82 Å². The molecule has 0 aromatic heterocycles. The van der Waals surface area contributed by atoms with E-state index in [1.54, 1.807) is 6.92 Å². The van der Waals surface area contributed by atoms with E-state index in [-0.39, 0.29) is 10.0 Å². The summed E-state index contributed by atoms with van der Waals surface area (Å²) in [7, 11) is 0. The predicted molar refractivity (Wildman–Crippen MR) is 80.9 cm³/mol. The average Bonchev–Trinajstić information content (AvgIpc) is 2.36. The first-order valence-electron chi connectivity index (χ1n) is 6.23. The average molecular weight is 313 g/mol. The Morgan fingerprint density at radius 1 is 1.15 bits per heavy atom. The highest BCUT2D eigenvalue weighted by molar-refractivity contribution is 6.35. The van der Waals surface area contributed by atoms with Crippen LogP contribution < -0.4 is 0 Å². The lowest BCUT2D eigenvalue weighted by Crippen LogP contribution is -2.25. The molecule has 106 valence electrons. The maximum Gasteiger partial charge on any atom is 0.142 e. The van der Waals surface area contributed by atoms with Gasteiger partial charge in [-0.25, -0.2) is 4.39 Å². The Bertz CT molecular complexity index is 638. The van der Waals surface area contributed by atoms with Crippen molar-refractivity contribution in [2.75, 3.05) is 0 Å². The first-order valence-corrected chi connectivity index (χ1v) is 6.99. The van der Waals surface area contributed by atoms with E-state index in [4.69, 9.17) is 23.2 Å². The van der Waals surface area contributed by atoms with Gasteiger partial charge in [0.15, 0.2) is 0 Å². The standard InChI is InChI=1S/C16H15Cl2FO/c1-10-5-3-4-6-11(10)9-16(2,20)12-7-15(19)14(18)8-13(12)17/h3-8,20H,9H2,1-2H3. The first kappa shape index (κ1) is 15.3. The molecular formula is C16H15Cl2FO. The van der Waals surface area contributed by atoms with Crippen LogP contribution in [-0.4, -0.2) is 5.11 Å². The summed E-state index contributed by atoms with van der Waals surface area (Å²) in [5.41, 5.74) is 1.13. The van der Waals surface area contributed by atoms with Crippen molar-refractivity contribution in [1.29, 1.82) is 0 Å². The molecule has 0 amide bonds. The number of benzene rings is 2. The Labute approximate surface area is 128 Å². The van der Waals surface area contributed by atoms with Crippen LogP contribution in [0.15, 0.2) is 36.4 Å². The minimum Gasteiger partial charge on any atom is -0.385 e. The molecule has 4 heteroatoms. The molecule has 0 saturated carbocycles. The molecule has 1 N–H and O–H groups in total. The second-order valence-electron chi connectivity index (χ2n) is 5.12. The molecular weight excluding hydrogens is 298 g/mol. The highest BCUT2D eigenvalue weighted by Gasteiger charge is 2.28. The molecule has 2 aromatic carbocycles. The lowest BCUT2D eigenvalue weighted by molar-refractivity contribution is 0.0572. The topological polar surface area (TPSA) is 20.2 Å². The molecule has 1 atom stereocenters. The lowest BCUT2D eigenvalue weighted by Gasteiger charge is -2.26. The smallest absolute Gasteiger partial charge is 0.142 e. The summed E-state index contributed by atoms with van der Waals surface area (Å²) in [4.78, 5) is 0. The summed E-state index contributed by atoms with van der Waals surface area (Å²) >= 11 is 11.8. The Balaban J connectivity index is 2.40. The molecule has 1 nitrogen and oxygen atoms in total. The van der Waals surface area contributed by atoms with Gasteiger partial charge in [0.2, 0.25) is 0 Å².